The van der Waals surface area contributed by atoms with Crippen LogP contribution in [0.1, 0.15) is 38.9 Å². The van der Waals surface area contributed by atoms with Gasteiger partial charge in [-0.3, -0.25) is 9.67 Å². The number of nitrogens with zero attached hydrogens (tertiary/aromatic N) is 4. The van der Waals surface area contributed by atoms with Gasteiger partial charge in [0.1, 0.15) is 6.10 Å². The SMILES string of the molecule is CCOC(CCNC(=NC)N1CCOC(c2cnn(C)c2)C1)C(C)C. The molecule has 1 aromatic rings. The zero-order chi connectivity index (χ0) is 18.2. The Hall–Kier alpha value is -1.60. The Labute approximate surface area is 151 Å². The van der Waals surface area contributed by atoms with Crippen LogP contribution in [-0.2, 0) is 16.5 Å². The molecule has 2 unspecified atom stereocenters. The zero-order valence-electron chi connectivity index (χ0n) is 16.2. The highest BCUT2D eigenvalue weighted by Gasteiger charge is 2.25. The number of hydrogen-bond donors (Lipinski definition) is 1. The molecule has 1 aliphatic heterocycles. The van der Waals surface area contributed by atoms with Gasteiger partial charge in [0.05, 0.1) is 25.5 Å². The lowest BCUT2D eigenvalue weighted by atomic mass is 10.0. The van der Waals surface area contributed by atoms with E-state index in [-0.39, 0.29) is 12.2 Å². The summed E-state index contributed by atoms with van der Waals surface area (Å²) in [5.41, 5.74) is 1.11. The van der Waals surface area contributed by atoms with E-state index in [2.05, 4.69) is 34.2 Å². The van der Waals surface area contributed by atoms with Gasteiger partial charge in [0.2, 0.25) is 0 Å². The van der Waals surface area contributed by atoms with Crippen molar-refractivity contribution in [1.82, 2.24) is 20.0 Å². The number of guanidine groups is 1. The molecule has 2 heterocycles. The molecule has 1 saturated heterocycles. The van der Waals surface area contributed by atoms with Gasteiger partial charge in [-0.25, -0.2) is 0 Å². The van der Waals surface area contributed by atoms with E-state index in [1.54, 1.807) is 0 Å². The van der Waals surface area contributed by atoms with Crippen LogP contribution >= 0.6 is 0 Å². The minimum atomic E-state index is 0.0350. The van der Waals surface area contributed by atoms with Crippen LogP contribution < -0.4 is 5.32 Å². The van der Waals surface area contributed by atoms with E-state index in [4.69, 9.17) is 9.47 Å². The summed E-state index contributed by atoms with van der Waals surface area (Å²) < 4.78 is 13.5. The van der Waals surface area contributed by atoms with Crippen LogP contribution in [0.15, 0.2) is 17.4 Å². The first-order valence-electron chi connectivity index (χ1n) is 9.22. The van der Waals surface area contributed by atoms with Crippen molar-refractivity contribution in [2.75, 3.05) is 39.9 Å². The molecule has 7 heteroatoms. The van der Waals surface area contributed by atoms with Crippen LogP contribution in [0.3, 0.4) is 0 Å². The molecule has 0 radical (unpaired) electrons. The van der Waals surface area contributed by atoms with Crippen LogP contribution in [0.25, 0.3) is 0 Å². The minimum Gasteiger partial charge on any atom is -0.378 e. The molecule has 0 spiro atoms. The Morgan fingerprint density at radius 1 is 1.52 bits per heavy atom. The van der Waals surface area contributed by atoms with Gasteiger partial charge in [-0.1, -0.05) is 13.8 Å². The second kappa shape index (κ2) is 9.77. The molecule has 142 valence electrons. The quantitative estimate of drug-likeness (QED) is 0.600. The highest BCUT2D eigenvalue weighted by atomic mass is 16.5. The molecule has 0 amide bonds. The van der Waals surface area contributed by atoms with Crippen molar-refractivity contribution in [3.05, 3.63) is 18.0 Å². The first kappa shape index (κ1) is 19.7. The standard InChI is InChI=1S/C18H33N5O2/c1-6-24-16(14(2)3)7-8-20-18(19-4)23-9-10-25-17(13-23)15-11-21-22(5)12-15/h11-12,14,16-17H,6-10,13H2,1-5H3,(H,19,20). The third kappa shape index (κ3) is 5.71. The van der Waals surface area contributed by atoms with Crippen molar-refractivity contribution >= 4 is 5.96 Å². The Balaban J connectivity index is 1.87. The average Bonchev–Trinajstić information content (AvgIpc) is 3.04. The van der Waals surface area contributed by atoms with Crippen LogP contribution in [-0.4, -0.2) is 66.6 Å². The van der Waals surface area contributed by atoms with Crippen LogP contribution in [0.5, 0.6) is 0 Å². The molecule has 1 fully saturated rings. The molecule has 0 saturated carbocycles. The number of aliphatic imine (C=N–C) groups is 1. The molecule has 0 aliphatic carbocycles. The average molecular weight is 351 g/mol. The molecule has 1 aliphatic rings. The van der Waals surface area contributed by atoms with Crippen molar-refractivity contribution in [1.29, 1.82) is 0 Å². The lowest BCUT2D eigenvalue weighted by Crippen LogP contribution is -2.48. The summed E-state index contributed by atoms with van der Waals surface area (Å²) >= 11 is 0. The lowest BCUT2D eigenvalue weighted by molar-refractivity contribution is -0.00830. The Morgan fingerprint density at radius 2 is 2.32 bits per heavy atom. The van der Waals surface area contributed by atoms with Gasteiger partial charge in [0.25, 0.3) is 0 Å². The second-order valence-electron chi connectivity index (χ2n) is 6.75. The van der Waals surface area contributed by atoms with Crippen molar-refractivity contribution < 1.29 is 9.47 Å². The summed E-state index contributed by atoms with van der Waals surface area (Å²) in [4.78, 5) is 6.70. The van der Waals surface area contributed by atoms with Crippen molar-refractivity contribution in [3.63, 3.8) is 0 Å². The molecule has 2 atom stereocenters. The van der Waals surface area contributed by atoms with E-state index in [1.165, 1.54) is 0 Å². The summed E-state index contributed by atoms with van der Waals surface area (Å²) in [7, 11) is 3.76. The molecule has 0 bridgehead atoms. The third-order valence-electron chi connectivity index (χ3n) is 4.51. The second-order valence-corrected chi connectivity index (χ2v) is 6.75. The van der Waals surface area contributed by atoms with Gasteiger partial charge in [-0.15, -0.1) is 0 Å². The maximum atomic E-state index is 5.91. The van der Waals surface area contributed by atoms with E-state index in [1.807, 2.05) is 38.1 Å². The lowest BCUT2D eigenvalue weighted by Gasteiger charge is -2.35. The van der Waals surface area contributed by atoms with E-state index in [0.717, 1.165) is 44.2 Å². The molecule has 0 aromatic carbocycles. The zero-order valence-corrected chi connectivity index (χ0v) is 16.2. The van der Waals surface area contributed by atoms with Crippen molar-refractivity contribution in [2.45, 2.75) is 39.4 Å². The van der Waals surface area contributed by atoms with Gasteiger partial charge in [0.15, 0.2) is 5.96 Å². The summed E-state index contributed by atoms with van der Waals surface area (Å²) in [5, 5.41) is 7.72. The van der Waals surface area contributed by atoms with Gasteiger partial charge in [0, 0.05) is 45.6 Å². The first-order valence-corrected chi connectivity index (χ1v) is 9.22. The number of nitrogens with one attached hydrogen (secondary N) is 1. The molecule has 25 heavy (non-hydrogen) atoms. The fourth-order valence-corrected chi connectivity index (χ4v) is 3.13. The monoisotopic (exact) mass is 351 g/mol. The van der Waals surface area contributed by atoms with Gasteiger partial charge >= 0.3 is 0 Å². The number of hydrogen-bond acceptors (Lipinski definition) is 4. The van der Waals surface area contributed by atoms with Crippen LogP contribution in [0.4, 0.5) is 0 Å². The normalized spacial score (nSPS) is 20.2. The summed E-state index contributed by atoms with van der Waals surface area (Å²) in [6, 6.07) is 0. The number of aromatic nitrogens is 2. The number of aryl methyl sites for hydroxylation is 1. The summed E-state index contributed by atoms with van der Waals surface area (Å²) in [6.07, 6.45) is 5.18. The smallest absolute Gasteiger partial charge is 0.193 e. The Morgan fingerprint density at radius 3 is 2.92 bits per heavy atom. The van der Waals surface area contributed by atoms with Gasteiger partial charge < -0.3 is 19.7 Å². The molecular formula is C18H33N5O2. The van der Waals surface area contributed by atoms with Gasteiger partial charge in [-0.2, -0.15) is 5.10 Å². The predicted octanol–water partition coefficient (Wildman–Crippen LogP) is 1.82. The largest absolute Gasteiger partial charge is 0.378 e. The predicted molar refractivity (Wildman–Crippen MR) is 99.7 cm³/mol. The van der Waals surface area contributed by atoms with Crippen molar-refractivity contribution in [2.24, 2.45) is 18.0 Å². The molecule has 7 nitrogen and oxygen atoms in total. The number of rotatable bonds is 7. The van der Waals surface area contributed by atoms with Crippen LogP contribution in [0.2, 0.25) is 0 Å². The van der Waals surface area contributed by atoms with Crippen LogP contribution in [0, 0.1) is 5.92 Å². The minimum absolute atomic E-state index is 0.0350. The van der Waals surface area contributed by atoms with Crippen molar-refractivity contribution in [3.8, 4) is 0 Å². The Bertz CT molecular complexity index is 543. The number of ether oxygens (including phenoxy) is 2. The third-order valence-corrected chi connectivity index (χ3v) is 4.51. The summed E-state index contributed by atoms with van der Waals surface area (Å²) in [5.74, 6) is 1.44. The number of morpholine rings is 1. The maximum Gasteiger partial charge on any atom is 0.193 e. The molecule has 2 rings (SSSR count). The molecule has 1 N–H and O–H groups in total. The van der Waals surface area contributed by atoms with E-state index in [9.17, 15) is 0 Å². The van der Waals surface area contributed by atoms with E-state index < -0.39 is 0 Å². The Kier molecular flexibility index (Phi) is 7.71. The maximum absolute atomic E-state index is 5.91. The first-order chi connectivity index (χ1) is 12.0. The molecule has 1 aromatic heterocycles. The fraction of sp³-hybridized carbons (Fsp3) is 0.778. The van der Waals surface area contributed by atoms with E-state index >= 15 is 0 Å². The topological polar surface area (TPSA) is 63.9 Å². The molecular weight excluding hydrogens is 318 g/mol. The highest BCUT2D eigenvalue weighted by Crippen LogP contribution is 2.21. The van der Waals surface area contributed by atoms with E-state index in [0.29, 0.717) is 12.5 Å². The fourth-order valence-electron chi connectivity index (χ4n) is 3.13. The van der Waals surface area contributed by atoms with Gasteiger partial charge in [-0.05, 0) is 19.3 Å². The summed E-state index contributed by atoms with van der Waals surface area (Å²) in [6.45, 7) is 10.4. The highest BCUT2D eigenvalue weighted by molar-refractivity contribution is 5.80.